The number of alkyl halides is 1. The predicted molar refractivity (Wildman–Crippen MR) is 223 cm³/mol. The number of aryl methyl sites for hydroxylation is 1. The lowest BCUT2D eigenvalue weighted by molar-refractivity contribution is -0.296. The number of aliphatic hydroxyl groups is 1. The van der Waals surface area contributed by atoms with E-state index in [-0.39, 0.29) is 24.5 Å². The minimum Gasteiger partial charge on any atom is -0.456 e. The summed E-state index contributed by atoms with van der Waals surface area (Å²) in [7, 11) is 5.16. The Hall–Kier alpha value is -3.51. The third kappa shape index (κ3) is 9.44. The zero-order chi connectivity index (χ0) is 44.5. The van der Waals surface area contributed by atoms with Crippen molar-refractivity contribution >= 4 is 17.8 Å². The number of ether oxygens (including phenoxy) is 5. The number of amides is 1. The van der Waals surface area contributed by atoms with Crippen molar-refractivity contribution in [1.82, 2.24) is 24.5 Å². The molecule has 4 heterocycles. The Balaban J connectivity index is 1.48. The largest absolute Gasteiger partial charge is 0.456 e. The van der Waals surface area contributed by atoms with Crippen molar-refractivity contribution < 1.29 is 47.6 Å². The standard InChI is InChI=1S/C44H69FN6O9/c1-13-50(21-17-20-49-24-32(47-25-49)31-18-15-14-16-19-31)51-36-28(4)34(46)26(2)23-42(7,56-12)38(59-39-35(52)33(48(10)11)22-27(3)57-39)29(5)37(53)43(8,45)40(54)58-30(6)44(36,9)60-41(51)55/h14-16,18-19,24-30,33-36,38-39,52H,13,17,20-23,46H2,1-12H3/t26-,27-,28-,29+,30+,33+,34?,35-,36-,38-,39+,42+,43?,44-/m1/s1. The summed E-state index contributed by atoms with van der Waals surface area (Å²) in [5.41, 5.74) is 3.10. The molecule has 0 spiro atoms. The number of hydrogen-bond acceptors (Lipinski definition) is 13. The highest BCUT2D eigenvalue weighted by Gasteiger charge is 2.62. The number of methoxy groups -OCH3 is 1. The second kappa shape index (κ2) is 18.9. The van der Waals surface area contributed by atoms with Crippen molar-refractivity contribution in [3.63, 3.8) is 0 Å². The molecule has 3 N–H and O–H groups in total. The van der Waals surface area contributed by atoms with Crippen LogP contribution in [0.5, 0.6) is 0 Å². The molecule has 0 bridgehead atoms. The molecule has 0 saturated carbocycles. The van der Waals surface area contributed by atoms with Crippen LogP contribution in [0.15, 0.2) is 42.9 Å². The number of Topliss-reactive ketones (excluding diaryl/α,β-unsaturated/α-hetero) is 1. The van der Waals surface area contributed by atoms with Crippen LogP contribution in [-0.2, 0) is 39.8 Å². The molecule has 3 aliphatic heterocycles. The van der Waals surface area contributed by atoms with Crippen molar-refractivity contribution in [1.29, 1.82) is 0 Å². The Morgan fingerprint density at radius 1 is 1.07 bits per heavy atom. The molecule has 60 heavy (non-hydrogen) atoms. The van der Waals surface area contributed by atoms with Gasteiger partial charge < -0.3 is 44.0 Å². The number of nitrogens with zero attached hydrogens (tertiary/aromatic N) is 5. The summed E-state index contributed by atoms with van der Waals surface area (Å²) in [6, 6.07) is 8.17. The molecule has 1 aromatic heterocycles. The van der Waals surface area contributed by atoms with Gasteiger partial charge in [-0.25, -0.2) is 29.0 Å². The first-order valence-corrected chi connectivity index (χ1v) is 21.4. The van der Waals surface area contributed by atoms with E-state index in [1.165, 1.54) is 21.0 Å². The SMILES string of the molecule is CCN(CCCn1cnc(-c2ccccc2)c1)N1C(=O)O[C@]2(C)[C@H](C)OC(=O)C(C)(F)C(=O)[C@H](C)[C@@H](O[C@@H]3O[C@H](C)C[C@H](N(C)C)[C@H]3O)[C@@](C)(OC)C[C@@H](C)C(N)[C@@H](C)[C@@H]12. The quantitative estimate of drug-likeness (QED) is 0.233. The molecule has 3 saturated heterocycles. The lowest BCUT2D eigenvalue weighted by atomic mass is 9.72. The number of esters is 1. The first kappa shape index (κ1) is 47.5. The van der Waals surface area contributed by atoms with E-state index in [0.29, 0.717) is 32.5 Å². The number of nitrogens with two attached hydrogens (primary N) is 1. The maximum atomic E-state index is 16.9. The average molecular weight is 845 g/mol. The Kier molecular flexibility index (Phi) is 14.9. The van der Waals surface area contributed by atoms with Gasteiger partial charge in [-0.15, -0.1) is 0 Å². The second-order valence-electron chi connectivity index (χ2n) is 18.1. The van der Waals surface area contributed by atoms with Crippen molar-refractivity contribution in [3.8, 4) is 11.3 Å². The number of cyclic esters (lactones) is 1. The molecular formula is C44H69FN6O9. The van der Waals surface area contributed by atoms with E-state index in [4.69, 9.17) is 29.4 Å². The van der Waals surface area contributed by atoms with E-state index in [1.807, 2.05) is 92.8 Å². The number of benzene rings is 1. The summed E-state index contributed by atoms with van der Waals surface area (Å²) >= 11 is 0. The normalized spacial score (nSPS) is 38.5. The van der Waals surface area contributed by atoms with E-state index in [9.17, 15) is 19.5 Å². The number of imidazole rings is 1. The molecule has 0 radical (unpaired) electrons. The minimum atomic E-state index is -3.15. The van der Waals surface area contributed by atoms with Crippen molar-refractivity contribution in [3.05, 3.63) is 42.9 Å². The fraction of sp³-hybridized carbons (Fsp3) is 0.727. The van der Waals surface area contributed by atoms with E-state index in [1.54, 1.807) is 25.2 Å². The van der Waals surface area contributed by atoms with Gasteiger partial charge in [0.2, 0.25) is 0 Å². The van der Waals surface area contributed by atoms with E-state index in [0.717, 1.165) is 18.2 Å². The lowest BCUT2D eigenvalue weighted by Gasteiger charge is -2.48. The highest BCUT2D eigenvalue weighted by atomic mass is 19.1. The number of aliphatic hydroxyl groups excluding tert-OH is 1. The summed E-state index contributed by atoms with van der Waals surface area (Å²) in [6.07, 6.45) is -0.549. The van der Waals surface area contributed by atoms with Gasteiger partial charge >= 0.3 is 12.1 Å². The number of fused-ring (bicyclic) bond motifs is 1. The number of likely N-dealkylation sites (N-methyl/N-ethyl adjacent to an activating group) is 1. The van der Waals surface area contributed by atoms with Crippen LogP contribution in [0.4, 0.5) is 9.18 Å². The molecule has 1 amide bonds. The molecule has 1 aromatic carbocycles. The maximum Gasteiger partial charge on any atom is 0.425 e. The predicted octanol–water partition coefficient (Wildman–Crippen LogP) is 4.84. The average Bonchev–Trinajstić information content (AvgIpc) is 3.79. The van der Waals surface area contributed by atoms with Crippen LogP contribution >= 0.6 is 0 Å². The number of halogens is 1. The second-order valence-corrected chi connectivity index (χ2v) is 18.1. The Bertz CT molecular complexity index is 1780. The first-order valence-electron chi connectivity index (χ1n) is 21.4. The molecule has 14 atom stereocenters. The zero-order valence-electron chi connectivity index (χ0n) is 37.5. The third-order valence-electron chi connectivity index (χ3n) is 13.5. The number of hydrazine groups is 1. The molecular weight excluding hydrogens is 776 g/mol. The van der Waals surface area contributed by atoms with Crippen molar-refractivity contribution in [2.24, 2.45) is 23.5 Å². The van der Waals surface area contributed by atoms with Crippen molar-refractivity contribution in [2.75, 3.05) is 34.3 Å². The summed E-state index contributed by atoms with van der Waals surface area (Å²) in [4.78, 5) is 48.8. The van der Waals surface area contributed by atoms with Gasteiger partial charge in [-0.2, -0.15) is 0 Å². The Morgan fingerprint density at radius 3 is 2.35 bits per heavy atom. The van der Waals surface area contributed by atoms with E-state index in [2.05, 4.69) is 4.98 Å². The van der Waals surface area contributed by atoms with Gasteiger partial charge in [-0.3, -0.25) is 4.79 Å². The topological polar surface area (TPSA) is 171 Å². The van der Waals surface area contributed by atoms with Crippen LogP contribution in [0, 0.1) is 17.8 Å². The van der Waals surface area contributed by atoms with Gasteiger partial charge in [0.25, 0.3) is 5.67 Å². The van der Waals surface area contributed by atoms with E-state index >= 15 is 4.39 Å². The Labute approximate surface area is 354 Å². The summed E-state index contributed by atoms with van der Waals surface area (Å²) < 4.78 is 49.8. The first-order chi connectivity index (χ1) is 28.1. The van der Waals surface area contributed by atoms with Crippen LogP contribution in [0.3, 0.4) is 0 Å². The monoisotopic (exact) mass is 845 g/mol. The highest BCUT2D eigenvalue weighted by molar-refractivity contribution is 6.07. The number of rotatable bonds is 11. The third-order valence-corrected chi connectivity index (χ3v) is 13.5. The molecule has 16 heteroatoms. The van der Waals surface area contributed by atoms with Gasteiger partial charge in [0.05, 0.1) is 35.9 Å². The number of carbonyl (C=O) groups excluding carboxylic acids is 3. The van der Waals surface area contributed by atoms with Gasteiger partial charge in [-0.05, 0) is 79.8 Å². The zero-order valence-corrected chi connectivity index (χ0v) is 37.5. The number of ketones is 1. The summed E-state index contributed by atoms with van der Waals surface area (Å²) in [6.45, 7) is 16.5. The van der Waals surface area contributed by atoms with Crippen LogP contribution in [0.1, 0.15) is 81.6 Å². The van der Waals surface area contributed by atoms with E-state index < -0.39 is 83.2 Å². The van der Waals surface area contributed by atoms with Crippen LogP contribution in [0.2, 0.25) is 0 Å². The fourth-order valence-electron chi connectivity index (χ4n) is 9.57. The number of carbonyl (C=O) groups is 3. The number of hydrogen-bond donors (Lipinski definition) is 2. The smallest absolute Gasteiger partial charge is 0.425 e. The van der Waals surface area contributed by atoms with Crippen molar-refractivity contribution in [2.45, 2.75) is 154 Å². The summed E-state index contributed by atoms with van der Waals surface area (Å²) in [5.74, 6) is -4.66. The molecule has 15 nitrogen and oxygen atoms in total. The molecule has 2 unspecified atom stereocenters. The molecule has 3 aliphatic rings. The van der Waals surface area contributed by atoms with Crippen LogP contribution in [-0.4, -0.2) is 147 Å². The molecule has 0 aliphatic carbocycles. The van der Waals surface area contributed by atoms with Gasteiger partial charge in [0, 0.05) is 56.5 Å². The summed E-state index contributed by atoms with van der Waals surface area (Å²) in [5, 5.41) is 14.9. The molecule has 336 valence electrons. The van der Waals surface area contributed by atoms with Gasteiger partial charge in [-0.1, -0.05) is 58.0 Å². The maximum absolute atomic E-state index is 16.9. The highest BCUT2D eigenvalue weighted by Crippen LogP contribution is 2.44. The van der Waals surface area contributed by atoms with Gasteiger partial charge in [0.1, 0.15) is 12.2 Å². The fourth-order valence-corrected chi connectivity index (χ4v) is 9.57. The van der Waals surface area contributed by atoms with Gasteiger partial charge in [0.15, 0.2) is 17.7 Å². The lowest BCUT2D eigenvalue weighted by Crippen LogP contribution is -2.64. The van der Waals surface area contributed by atoms with Crippen LogP contribution < -0.4 is 5.73 Å². The number of aromatic nitrogens is 2. The minimum absolute atomic E-state index is 0.210. The Morgan fingerprint density at radius 2 is 1.73 bits per heavy atom. The molecule has 5 rings (SSSR count). The van der Waals surface area contributed by atoms with Crippen LogP contribution in [0.25, 0.3) is 11.3 Å². The molecule has 3 fully saturated rings. The molecule has 2 aromatic rings.